The summed E-state index contributed by atoms with van der Waals surface area (Å²) in [5, 5.41) is 6.80. The van der Waals surface area contributed by atoms with Crippen LogP contribution in [0.15, 0.2) is 53.1 Å². The fraction of sp³-hybridized carbons (Fsp3) is 0.304. The molecular weight excluding hydrogens is 399 g/mol. The van der Waals surface area contributed by atoms with Crippen LogP contribution in [0.2, 0.25) is 0 Å². The average Bonchev–Trinajstić information content (AvgIpc) is 3.24. The Hall–Kier alpha value is -3.55. The van der Waals surface area contributed by atoms with Crippen LogP contribution in [0, 0.1) is 5.82 Å². The number of anilines is 1. The van der Waals surface area contributed by atoms with Gasteiger partial charge in [-0.1, -0.05) is 17.3 Å². The number of likely N-dealkylation sites (tertiary alicyclic amines) is 1. The number of aromatic nitrogens is 2. The van der Waals surface area contributed by atoms with Gasteiger partial charge in [0.1, 0.15) is 5.82 Å². The van der Waals surface area contributed by atoms with E-state index < -0.39 is 0 Å². The number of nitrogens with zero attached hydrogens (tertiary/aromatic N) is 3. The Kier molecular flexibility index (Phi) is 6.06. The second-order valence-electron chi connectivity index (χ2n) is 7.70. The molecule has 0 saturated carbocycles. The predicted octanol–water partition coefficient (Wildman–Crippen LogP) is 3.78. The highest BCUT2D eigenvalue weighted by Gasteiger charge is 2.28. The van der Waals surface area contributed by atoms with Crippen molar-refractivity contribution < 1.29 is 18.5 Å². The summed E-state index contributed by atoms with van der Waals surface area (Å²) in [6.07, 6.45) is 1.86. The highest BCUT2D eigenvalue weighted by atomic mass is 19.1. The van der Waals surface area contributed by atoms with Gasteiger partial charge in [0.25, 0.3) is 0 Å². The zero-order valence-electron chi connectivity index (χ0n) is 17.2. The van der Waals surface area contributed by atoms with Crippen LogP contribution in [-0.2, 0) is 16.0 Å². The van der Waals surface area contributed by atoms with Crippen LogP contribution in [-0.4, -0.2) is 39.9 Å². The minimum atomic E-state index is -0.342. The molecule has 0 unspecified atom stereocenters. The molecular formula is C23H23FN4O3. The third-order valence-corrected chi connectivity index (χ3v) is 5.27. The molecule has 0 radical (unpaired) electrons. The van der Waals surface area contributed by atoms with Crippen LogP contribution in [0.25, 0.3) is 11.4 Å². The fourth-order valence-electron chi connectivity index (χ4n) is 3.76. The first-order valence-corrected chi connectivity index (χ1v) is 10.2. The Labute approximate surface area is 179 Å². The lowest BCUT2D eigenvalue weighted by Gasteiger charge is -2.31. The second-order valence-corrected chi connectivity index (χ2v) is 7.70. The molecule has 0 bridgehead atoms. The number of hydrogen-bond acceptors (Lipinski definition) is 5. The zero-order chi connectivity index (χ0) is 21.8. The van der Waals surface area contributed by atoms with Crippen LogP contribution < -0.4 is 5.32 Å². The lowest BCUT2D eigenvalue weighted by molar-refractivity contribution is -0.131. The zero-order valence-corrected chi connectivity index (χ0v) is 17.2. The molecule has 1 saturated heterocycles. The summed E-state index contributed by atoms with van der Waals surface area (Å²) in [7, 11) is 0. The van der Waals surface area contributed by atoms with E-state index in [9.17, 15) is 14.0 Å². The molecule has 7 nitrogen and oxygen atoms in total. The molecule has 8 heteroatoms. The van der Waals surface area contributed by atoms with Crippen LogP contribution >= 0.6 is 0 Å². The first kappa shape index (κ1) is 20.7. The molecule has 31 heavy (non-hydrogen) atoms. The van der Waals surface area contributed by atoms with Gasteiger partial charge in [0, 0.05) is 31.3 Å². The van der Waals surface area contributed by atoms with E-state index in [2.05, 4.69) is 15.5 Å². The van der Waals surface area contributed by atoms with Crippen LogP contribution in [0.4, 0.5) is 10.1 Å². The molecule has 1 N–H and O–H groups in total. The van der Waals surface area contributed by atoms with Crippen LogP contribution in [0.1, 0.15) is 37.1 Å². The van der Waals surface area contributed by atoms with Crippen molar-refractivity contribution in [3.05, 3.63) is 65.8 Å². The molecule has 1 aromatic heterocycles. The number of carbonyl (C=O) groups is 2. The highest BCUT2D eigenvalue weighted by molar-refractivity contribution is 5.88. The average molecular weight is 422 g/mol. The van der Waals surface area contributed by atoms with Gasteiger partial charge < -0.3 is 14.7 Å². The molecule has 1 atom stereocenters. The maximum atomic E-state index is 13.4. The van der Waals surface area contributed by atoms with Crippen molar-refractivity contribution in [2.24, 2.45) is 0 Å². The maximum Gasteiger partial charge on any atom is 0.231 e. The van der Waals surface area contributed by atoms with Gasteiger partial charge in [-0.3, -0.25) is 9.59 Å². The first-order valence-electron chi connectivity index (χ1n) is 10.2. The molecule has 0 spiro atoms. The van der Waals surface area contributed by atoms with Gasteiger partial charge >= 0.3 is 0 Å². The number of rotatable bonds is 5. The van der Waals surface area contributed by atoms with Gasteiger partial charge in [0.05, 0.1) is 12.3 Å². The normalized spacial score (nSPS) is 16.2. The van der Waals surface area contributed by atoms with Crippen molar-refractivity contribution in [3.8, 4) is 11.4 Å². The van der Waals surface area contributed by atoms with Gasteiger partial charge in [-0.2, -0.15) is 4.98 Å². The van der Waals surface area contributed by atoms with E-state index in [1.165, 1.54) is 19.1 Å². The summed E-state index contributed by atoms with van der Waals surface area (Å²) < 4.78 is 18.9. The van der Waals surface area contributed by atoms with Gasteiger partial charge in [-0.15, -0.1) is 0 Å². The second kappa shape index (κ2) is 9.07. The maximum absolute atomic E-state index is 13.4. The predicted molar refractivity (Wildman–Crippen MR) is 113 cm³/mol. The van der Waals surface area contributed by atoms with Crippen molar-refractivity contribution in [3.63, 3.8) is 0 Å². The van der Waals surface area contributed by atoms with E-state index >= 15 is 0 Å². The third-order valence-electron chi connectivity index (χ3n) is 5.27. The minimum Gasteiger partial charge on any atom is -0.342 e. The molecule has 1 aliphatic rings. The number of piperidine rings is 1. The number of amides is 2. The molecule has 2 aromatic carbocycles. The van der Waals surface area contributed by atoms with E-state index in [4.69, 9.17) is 4.52 Å². The van der Waals surface area contributed by atoms with Crippen molar-refractivity contribution >= 4 is 17.5 Å². The summed E-state index contributed by atoms with van der Waals surface area (Å²) >= 11 is 0. The van der Waals surface area contributed by atoms with E-state index in [-0.39, 0.29) is 30.0 Å². The summed E-state index contributed by atoms with van der Waals surface area (Å²) in [6.45, 7) is 2.61. The van der Waals surface area contributed by atoms with Gasteiger partial charge in [-0.25, -0.2) is 4.39 Å². The Morgan fingerprint density at radius 2 is 2.03 bits per heavy atom. The minimum absolute atomic E-state index is 0.0369. The Morgan fingerprint density at radius 3 is 2.77 bits per heavy atom. The summed E-state index contributed by atoms with van der Waals surface area (Å²) in [5.41, 5.74) is 2.13. The molecule has 0 aliphatic carbocycles. The van der Waals surface area contributed by atoms with E-state index in [1.54, 1.807) is 29.2 Å². The Balaban J connectivity index is 1.41. The molecule has 160 valence electrons. The van der Waals surface area contributed by atoms with Gasteiger partial charge in [0.15, 0.2) is 0 Å². The lowest BCUT2D eigenvalue weighted by Crippen LogP contribution is -2.40. The van der Waals surface area contributed by atoms with Crippen molar-refractivity contribution in [1.29, 1.82) is 0 Å². The summed E-state index contributed by atoms with van der Waals surface area (Å²) in [5.74, 6) is 0.416. The molecule has 2 heterocycles. The molecule has 4 rings (SSSR count). The Bertz CT molecular complexity index is 1080. The van der Waals surface area contributed by atoms with Crippen LogP contribution in [0.3, 0.4) is 0 Å². The Morgan fingerprint density at radius 1 is 1.23 bits per heavy atom. The largest absolute Gasteiger partial charge is 0.342 e. The van der Waals surface area contributed by atoms with Gasteiger partial charge in [0.2, 0.25) is 23.5 Å². The SMILES string of the molecule is CC(=O)Nc1ccc(-c2noc([C@H]3CCCN(C(=O)Cc4cccc(F)c4)C3)n2)cc1. The van der Waals surface area contributed by atoms with Gasteiger partial charge in [-0.05, 0) is 54.8 Å². The number of carbonyl (C=O) groups excluding carboxylic acids is 2. The molecule has 1 aliphatic heterocycles. The topological polar surface area (TPSA) is 88.3 Å². The monoisotopic (exact) mass is 422 g/mol. The highest BCUT2D eigenvalue weighted by Crippen LogP contribution is 2.28. The molecule has 1 fully saturated rings. The number of nitrogens with one attached hydrogen (secondary N) is 1. The smallest absolute Gasteiger partial charge is 0.231 e. The third kappa shape index (κ3) is 5.14. The van der Waals surface area contributed by atoms with E-state index in [0.29, 0.717) is 36.1 Å². The van der Waals surface area contributed by atoms with Crippen molar-refractivity contribution in [2.45, 2.75) is 32.1 Å². The lowest BCUT2D eigenvalue weighted by atomic mass is 9.97. The number of hydrogen-bond donors (Lipinski definition) is 1. The summed E-state index contributed by atoms with van der Waals surface area (Å²) in [6, 6.07) is 13.3. The molecule has 3 aromatic rings. The first-order chi connectivity index (χ1) is 15.0. The number of benzene rings is 2. The van der Waals surface area contributed by atoms with Crippen molar-refractivity contribution in [1.82, 2.24) is 15.0 Å². The van der Waals surface area contributed by atoms with Crippen LogP contribution in [0.5, 0.6) is 0 Å². The van der Waals surface area contributed by atoms with Crippen molar-refractivity contribution in [2.75, 3.05) is 18.4 Å². The number of halogens is 1. The molecule has 2 amide bonds. The summed E-state index contributed by atoms with van der Waals surface area (Å²) in [4.78, 5) is 30.2. The standard InChI is InChI=1S/C23H23FN4O3/c1-15(29)25-20-9-7-17(8-10-20)22-26-23(31-27-22)18-5-3-11-28(14-18)21(30)13-16-4-2-6-19(24)12-16/h2,4,6-10,12,18H,3,5,11,13-14H2,1H3,(H,25,29)/t18-/m0/s1. The van der Waals surface area contributed by atoms with E-state index in [1.807, 2.05) is 12.1 Å². The van der Waals surface area contributed by atoms with E-state index in [0.717, 1.165) is 18.4 Å². The fourth-order valence-corrected chi connectivity index (χ4v) is 3.76. The quantitative estimate of drug-likeness (QED) is 0.676.